The highest BCUT2D eigenvalue weighted by molar-refractivity contribution is 6.25. The van der Waals surface area contributed by atoms with Crippen LogP contribution in [0.25, 0.3) is 0 Å². The lowest BCUT2D eigenvalue weighted by molar-refractivity contribution is 0.508. The van der Waals surface area contributed by atoms with E-state index in [4.69, 9.17) is 23.2 Å². The molecule has 0 fully saturated rings. The molecule has 1 aromatic rings. The van der Waals surface area contributed by atoms with Gasteiger partial charge in [0.05, 0.1) is 0 Å². The summed E-state index contributed by atoms with van der Waals surface area (Å²) >= 11 is 10.1. The average molecular weight is 213 g/mol. The van der Waals surface area contributed by atoms with E-state index in [0.29, 0.717) is 11.8 Å². The maximum Gasteiger partial charge on any atom is 0.158 e. The molecule has 0 atom stereocenters. The summed E-state index contributed by atoms with van der Waals surface area (Å²) in [5.41, 5.74) is 0. The molecular formula is C8H8Cl2F2. The van der Waals surface area contributed by atoms with Crippen molar-refractivity contribution in [1.29, 1.82) is 0 Å². The Hall–Kier alpha value is -0.340. The predicted octanol–water partition coefficient (Wildman–Crippen LogP) is 3.43. The second-order valence-electron chi connectivity index (χ2n) is 1.79. The highest BCUT2D eigenvalue weighted by Gasteiger charge is 1.93. The summed E-state index contributed by atoms with van der Waals surface area (Å²) in [7, 11) is 0. The summed E-state index contributed by atoms with van der Waals surface area (Å²) in [6, 6.07) is 5.04. The third kappa shape index (κ3) is 5.33. The van der Waals surface area contributed by atoms with Gasteiger partial charge in [-0.3, -0.25) is 0 Å². The minimum Gasteiger partial charge on any atom is -0.204 e. The number of hydrogen-bond acceptors (Lipinski definition) is 0. The van der Waals surface area contributed by atoms with E-state index in [-0.39, 0.29) is 0 Å². The molecule has 0 unspecified atom stereocenters. The summed E-state index contributed by atoms with van der Waals surface area (Å²) in [5, 5.41) is 0. The lowest BCUT2D eigenvalue weighted by atomic mass is 10.3. The van der Waals surface area contributed by atoms with Crippen molar-refractivity contribution in [1.82, 2.24) is 0 Å². The van der Waals surface area contributed by atoms with Gasteiger partial charge < -0.3 is 0 Å². The zero-order valence-electron chi connectivity index (χ0n) is 6.24. The van der Waals surface area contributed by atoms with Gasteiger partial charge in [-0.25, -0.2) is 8.78 Å². The van der Waals surface area contributed by atoms with Crippen molar-refractivity contribution in [3.05, 3.63) is 35.9 Å². The molecule has 0 aliphatic heterocycles. The molecule has 68 valence electrons. The van der Waals surface area contributed by atoms with Crippen molar-refractivity contribution in [2.75, 3.05) is 11.8 Å². The zero-order valence-corrected chi connectivity index (χ0v) is 7.75. The Morgan fingerprint density at radius 2 is 1.25 bits per heavy atom. The maximum absolute atomic E-state index is 11.9. The molecule has 0 aliphatic rings. The molecule has 0 saturated carbocycles. The van der Waals surface area contributed by atoms with Crippen molar-refractivity contribution in [2.24, 2.45) is 0 Å². The molecule has 0 spiro atoms. The number of hydrogen-bond donors (Lipinski definition) is 0. The van der Waals surface area contributed by atoms with Crippen LogP contribution >= 0.6 is 23.2 Å². The van der Waals surface area contributed by atoms with Gasteiger partial charge in [0.15, 0.2) is 11.6 Å². The van der Waals surface area contributed by atoms with Crippen molar-refractivity contribution < 1.29 is 8.78 Å². The third-order valence-corrected chi connectivity index (χ3v) is 1.47. The molecule has 12 heavy (non-hydrogen) atoms. The number of halogens is 4. The van der Waals surface area contributed by atoms with E-state index < -0.39 is 11.6 Å². The molecule has 0 nitrogen and oxygen atoms in total. The topological polar surface area (TPSA) is 0 Å². The number of alkyl halides is 2. The highest BCUT2D eigenvalue weighted by Crippen LogP contribution is 2.01. The summed E-state index contributed by atoms with van der Waals surface area (Å²) in [4.78, 5) is 0. The normalized spacial score (nSPS) is 8.67. The molecule has 0 heterocycles. The summed E-state index contributed by atoms with van der Waals surface area (Å²) in [6.45, 7) is 0. The van der Waals surface area contributed by atoms with Gasteiger partial charge in [-0.15, -0.1) is 23.2 Å². The molecule has 0 aliphatic carbocycles. The molecule has 0 saturated heterocycles. The Bertz CT molecular complexity index is 193. The van der Waals surface area contributed by atoms with Crippen LogP contribution in [0.3, 0.4) is 0 Å². The van der Waals surface area contributed by atoms with Gasteiger partial charge in [-0.2, -0.15) is 0 Å². The van der Waals surface area contributed by atoms with Gasteiger partial charge in [0.25, 0.3) is 0 Å². The Kier molecular flexibility index (Phi) is 7.11. The van der Waals surface area contributed by atoms with Crippen LogP contribution in [0.2, 0.25) is 0 Å². The van der Waals surface area contributed by atoms with Gasteiger partial charge in [-0.05, 0) is 12.1 Å². The fourth-order valence-electron chi connectivity index (χ4n) is 0.439. The van der Waals surface area contributed by atoms with Crippen molar-refractivity contribution in [3.8, 4) is 0 Å². The van der Waals surface area contributed by atoms with Gasteiger partial charge >= 0.3 is 0 Å². The summed E-state index contributed by atoms with van der Waals surface area (Å²) in [6.07, 6.45) is 0. The van der Waals surface area contributed by atoms with Crippen molar-refractivity contribution in [3.63, 3.8) is 0 Å². The molecule has 1 aromatic carbocycles. The van der Waals surface area contributed by atoms with E-state index in [1.54, 1.807) is 0 Å². The molecule has 0 aromatic heterocycles. The van der Waals surface area contributed by atoms with Crippen LogP contribution in [0.5, 0.6) is 0 Å². The van der Waals surface area contributed by atoms with Gasteiger partial charge in [0.1, 0.15) is 0 Å². The standard InChI is InChI=1S/C6H4F2.C2H4Cl2/c7-5-3-1-2-4-6(5)8;3-1-2-4/h1-4H;1-2H2. The molecule has 4 heteroatoms. The van der Waals surface area contributed by atoms with Gasteiger partial charge in [0, 0.05) is 11.8 Å². The second-order valence-corrected chi connectivity index (χ2v) is 2.55. The van der Waals surface area contributed by atoms with E-state index in [2.05, 4.69) is 0 Å². The minimum atomic E-state index is -0.799. The van der Waals surface area contributed by atoms with Crippen LogP contribution in [0.1, 0.15) is 0 Å². The van der Waals surface area contributed by atoms with E-state index in [9.17, 15) is 8.78 Å². The van der Waals surface area contributed by atoms with Crippen molar-refractivity contribution in [2.45, 2.75) is 0 Å². The first-order chi connectivity index (χ1) is 5.72. The minimum absolute atomic E-state index is 0.557. The molecule has 0 amide bonds. The first-order valence-corrected chi connectivity index (χ1v) is 4.31. The largest absolute Gasteiger partial charge is 0.204 e. The Balaban J connectivity index is 0.000000261. The Labute approximate surface area is 80.1 Å². The monoisotopic (exact) mass is 212 g/mol. The van der Waals surface area contributed by atoms with Crippen LogP contribution < -0.4 is 0 Å². The molecule has 1 rings (SSSR count). The number of benzene rings is 1. The lowest BCUT2D eigenvalue weighted by Crippen LogP contribution is -1.77. The van der Waals surface area contributed by atoms with E-state index in [1.807, 2.05) is 0 Å². The second kappa shape index (κ2) is 7.32. The molecular weight excluding hydrogens is 205 g/mol. The summed E-state index contributed by atoms with van der Waals surface area (Å²) < 4.78 is 23.9. The van der Waals surface area contributed by atoms with Crippen LogP contribution in [0, 0.1) is 11.6 Å². The molecule has 0 N–H and O–H groups in total. The van der Waals surface area contributed by atoms with Gasteiger partial charge in [0.2, 0.25) is 0 Å². The van der Waals surface area contributed by atoms with Crippen LogP contribution in [-0.2, 0) is 0 Å². The average Bonchev–Trinajstić information content (AvgIpc) is 2.11. The molecule has 0 bridgehead atoms. The van der Waals surface area contributed by atoms with Gasteiger partial charge in [-0.1, -0.05) is 12.1 Å². The van der Waals surface area contributed by atoms with E-state index in [1.165, 1.54) is 12.1 Å². The first-order valence-electron chi connectivity index (χ1n) is 3.24. The SMILES string of the molecule is ClCCCl.Fc1ccccc1F. The number of rotatable bonds is 1. The molecule has 0 radical (unpaired) electrons. The predicted molar refractivity (Wildman–Crippen MR) is 47.8 cm³/mol. The fourth-order valence-corrected chi connectivity index (χ4v) is 0.439. The zero-order chi connectivity index (χ0) is 9.40. The van der Waals surface area contributed by atoms with E-state index >= 15 is 0 Å². The highest BCUT2D eigenvalue weighted by atomic mass is 35.5. The first kappa shape index (κ1) is 11.7. The summed E-state index contributed by atoms with van der Waals surface area (Å²) in [5.74, 6) is -0.483. The van der Waals surface area contributed by atoms with Crippen LogP contribution in [0.4, 0.5) is 8.78 Å². The maximum atomic E-state index is 11.9. The Morgan fingerprint density at radius 1 is 0.917 bits per heavy atom. The van der Waals surface area contributed by atoms with Crippen LogP contribution in [0.15, 0.2) is 24.3 Å². The fraction of sp³-hybridized carbons (Fsp3) is 0.250. The Morgan fingerprint density at radius 3 is 1.42 bits per heavy atom. The van der Waals surface area contributed by atoms with E-state index in [0.717, 1.165) is 12.1 Å². The quantitative estimate of drug-likeness (QED) is 0.627. The smallest absolute Gasteiger partial charge is 0.158 e. The van der Waals surface area contributed by atoms with Crippen LogP contribution in [-0.4, -0.2) is 11.8 Å². The van der Waals surface area contributed by atoms with Crippen molar-refractivity contribution >= 4 is 23.2 Å². The lowest BCUT2D eigenvalue weighted by Gasteiger charge is -1.85. The third-order valence-electron chi connectivity index (χ3n) is 0.896.